The predicted molar refractivity (Wildman–Crippen MR) is 76.1 cm³/mol. The number of nitrogens with one attached hydrogen (secondary N) is 1. The van der Waals surface area contributed by atoms with Gasteiger partial charge in [-0.3, -0.25) is 0 Å². The minimum Gasteiger partial charge on any atom is -0.314 e. The maximum absolute atomic E-state index is 12.2. The molecular weight excluding hydrogens is 248 g/mol. The van der Waals surface area contributed by atoms with Gasteiger partial charge in [0, 0.05) is 19.1 Å². The first-order valence-corrected chi connectivity index (χ1v) is 8.81. The number of hydrogen-bond acceptors (Lipinski definition) is 3. The van der Waals surface area contributed by atoms with Crippen LogP contribution < -0.4 is 5.32 Å². The average Bonchev–Trinajstić information content (AvgIpc) is 3.15. The van der Waals surface area contributed by atoms with E-state index in [1.54, 1.807) is 4.31 Å². The molecule has 0 aromatic rings. The van der Waals surface area contributed by atoms with Gasteiger partial charge in [0.1, 0.15) is 0 Å². The summed E-state index contributed by atoms with van der Waals surface area (Å²) in [4.78, 5) is 0. The molecule has 1 aliphatic rings. The third-order valence-electron chi connectivity index (χ3n) is 3.55. The van der Waals surface area contributed by atoms with E-state index in [4.69, 9.17) is 0 Å². The van der Waals surface area contributed by atoms with Gasteiger partial charge in [0.05, 0.1) is 5.75 Å². The highest BCUT2D eigenvalue weighted by atomic mass is 32.2. The minimum absolute atomic E-state index is 0.275. The largest absolute Gasteiger partial charge is 0.314 e. The van der Waals surface area contributed by atoms with Gasteiger partial charge >= 0.3 is 0 Å². The van der Waals surface area contributed by atoms with Crippen molar-refractivity contribution >= 4 is 10.0 Å². The Hall–Kier alpha value is -0.130. The molecule has 0 aromatic heterocycles. The SMILES string of the molecule is CCC(C)CN(CC)S(=O)(=O)CCCNC1CC1. The first-order valence-electron chi connectivity index (χ1n) is 7.20. The van der Waals surface area contributed by atoms with Crippen LogP contribution in [0.1, 0.15) is 46.5 Å². The lowest BCUT2D eigenvalue weighted by atomic mass is 10.1. The Kier molecular flexibility index (Phi) is 6.60. The summed E-state index contributed by atoms with van der Waals surface area (Å²) in [7, 11) is -3.06. The monoisotopic (exact) mass is 276 g/mol. The Morgan fingerprint density at radius 3 is 2.50 bits per heavy atom. The second-order valence-corrected chi connectivity index (χ2v) is 7.45. The van der Waals surface area contributed by atoms with Gasteiger partial charge in [-0.15, -0.1) is 0 Å². The van der Waals surface area contributed by atoms with Crippen molar-refractivity contribution < 1.29 is 8.42 Å². The Morgan fingerprint density at radius 1 is 1.33 bits per heavy atom. The Balaban J connectivity index is 2.32. The number of nitrogens with zero attached hydrogens (tertiary/aromatic N) is 1. The van der Waals surface area contributed by atoms with Gasteiger partial charge in [-0.2, -0.15) is 0 Å². The van der Waals surface area contributed by atoms with Crippen LogP contribution in [0.15, 0.2) is 0 Å². The molecule has 1 unspecified atom stereocenters. The fraction of sp³-hybridized carbons (Fsp3) is 1.00. The van der Waals surface area contributed by atoms with Gasteiger partial charge in [0.25, 0.3) is 0 Å². The molecule has 0 spiro atoms. The van der Waals surface area contributed by atoms with Crippen LogP contribution in [0.25, 0.3) is 0 Å². The van der Waals surface area contributed by atoms with E-state index >= 15 is 0 Å². The normalized spacial score (nSPS) is 18.2. The second-order valence-electron chi connectivity index (χ2n) is 5.36. The number of rotatable bonds is 10. The van der Waals surface area contributed by atoms with E-state index in [1.807, 2.05) is 6.92 Å². The second kappa shape index (κ2) is 7.46. The Morgan fingerprint density at radius 2 is 2.00 bits per heavy atom. The summed E-state index contributed by atoms with van der Waals surface area (Å²) in [5, 5.41) is 3.36. The highest BCUT2D eigenvalue weighted by Crippen LogP contribution is 2.18. The average molecular weight is 276 g/mol. The van der Waals surface area contributed by atoms with Crippen LogP contribution in [0.3, 0.4) is 0 Å². The zero-order chi connectivity index (χ0) is 13.6. The molecule has 1 atom stereocenters. The highest BCUT2D eigenvalue weighted by molar-refractivity contribution is 7.89. The molecule has 0 bridgehead atoms. The van der Waals surface area contributed by atoms with Crippen molar-refractivity contribution in [3.8, 4) is 0 Å². The van der Waals surface area contributed by atoms with Gasteiger partial charge in [-0.25, -0.2) is 12.7 Å². The number of hydrogen-bond donors (Lipinski definition) is 1. The topological polar surface area (TPSA) is 49.4 Å². The lowest BCUT2D eigenvalue weighted by molar-refractivity contribution is 0.361. The fourth-order valence-corrected chi connectivity index (χ4v) is 3.54. The molecule has 0 amide bonds. The summed E-state index contributed by atoms with van der Waals surface area (Å²) < 4.78 is 26.0. The third-order valence-corrected chi connectivity index (χ3v) is 5.55. The standard InChI is InChI=1S/C13H28N2O2S/c1-4-12(3)11-15(5-2)18(16,17)10-6-9-14-13-7-8-13/h12-14H,4-11H2,1-3H3. The van der Waals surface area contributed by atoms with Crippen molar-refractivity contribution in [3.63, 3.8) is 0 Å². The smallest absolute Gasteiger partial charge is 0.214 e. The van der Waals surface area contributed by atoms with Crippen molar-refractivity contribution in [2.45, 2.75) is 52.5 Å². The molecule has 0 heterocycles. The van der Waals surface area contributed by atoms with Crippen molar-refractivity contribution in [2.24, 2.45) is 5.92 Å². The lowest BCUT2D eigenvalue weighted by Crippen LogP contribution is -2.37. The molecule has 0 aromatic carbocycles. The zero-order valence-corrected chi connectivity index (χ0v) is 12.8. The Bertz CT molecular complexity index is 326. The summed E-state index contributed by atoms with van der Waals surface area (Å²) in [6.07, 6.45) is 4.24. The van der Waals surface area contributed by atoms with Crippen LogP contribution >= 0.6 is 0 Å². The van der Waals surface area contributed by atoms with E-state index in [0.29, 0.717) is 25.0 Å². The summed E-state index contributed by atoms with van der Waals surface area (Å²) in [6.45, 7) is 8.19. The van der Waals surface area contributed by atoms with Crippen LogP contribution in [-0.2, 0) is 10.0 Å². The van der Waals surface area contributed by atoms with Crippen LogP contribution in [-0.4, -0.2) is 44.2 Å². The van der Waals surface area contributed by atoms with E-state index < -0.39 is 10.0 Å². The summed E-state index contributed by atoms with van der Waals surface area (Å²) in [6, 6.07) is 0.662. The zero-order valence-electron chi connectivity index (χ0n) is 12.0. The lowest BCUT2D eigenvalue weighted by Gasteiger charge is -2.23. The van der Waals surface area contributed by atoms with E-state index in [-0.39, 0.29) is 5.75 Å². The molecule has 108 valence electrons. The van der Waals surface area contributed by atoms with Gasteiger partial charge in [0.15, 0.2) is 0 Å². The summed E-state index contributed by atoms with van der Waals surface area (Å²) in [5.41, 5.74) is 0. The molecule has 5 heteroatoms. The van der Waals surface area contributed by atoms with Crippen molar-refractivity contribution in [1.82, 2.24) is 9.62 Å². The van der Waals surface area contributed by atoms with Crippen LogP contribution in [0.5, 0.6) is 0 Å². The maximum Gasteiger partial charge on any atom is 0.214 e. The molecule has 1 rings (SSSR count). The molecule has 18 heavy (non-hydrogen) atoms. The van der Waals surface area contributed by atoms with Gasteiger partial charge < -0.3 is 5.32 Å². The molecule has 0 aliphatic heterocycles. The van der Waals surface area contributed by atoms with Crippen LogP contribution in [0.2, 0.25) is 0 Å². The van der Waals surface area contributed by atoms with Gasteiger partial charge in [-0.05, 0) is 31.7 Å². The van der Waals surface area contributed by atoms with E-state index in [0.717, 1.165) is 19.4 Å². The molecule has 4 nitrogen and oxygen atoms in total. The van der Waals surface area contributed by atoms with E-state index in [2.05, 4.69) is 19.2 Å². The quantitative estimate of drug-likeness (QED) is 0.619. The molecule has 0 saturated heterocycles. The van der Waals surface area contributed by atoms with Crippen LogP contribution in [0.4, 0.5) is 0 Å². The van der Waals surface area contributed by atoms with E-state index in [9.17, 15) is 8.42 Å². The van der Waals surface area contributed by atoms with E-state index in [1.165, 1.54) is 12.8 Å². The minimum atomic E-state index is -3.06. The third kappa shape index (κ3) is 5.67. The highest BCUT2D eigenvalue weighted by Gasteiger charge is 2.23. The molecule has 0 radical (unpaired) electrons. The molecule has 1 saturated carbocycles. The molecule has 1 N–H and O–H groups in total. The number of sulfonamides is 1. The molecule has 1 fully saturated rings. The van der Waals surface area contributed by atoms with Crippen molar-refractivity contribution in [2.75, 3.05) is 25.4 Å². The Labute approximate surface area is 112 Å². The van der Waals surface area contributed by atoms with Crippen LogP contribution in [0, 0.1) is 5.92 Å². The molecule has 1 aliphatic carbocycles. The van der Waals surface area contributed by atoms with Crippen molar-refractivity contribution in [3.05, 3.63) is 0 Å². The summed E-state index contributed by atoms with van der Waals surface area (Å²) >= 11 is 0. The van der Waals surface area contributed by atoms with Gasteiger partial charge in [0.2, 0.25) is 10.0 Å². The van der Waals surface area contributed by atoms with Crippen molar-refractivity contribution in [1.29, 1.82) is 0 Å². The van der Waals surface area contributed by atoms with Gasteiger partial charge in [-0.1, -0.05) is 27.2 Å². The fourth-order valence-electron chi connectivity index (χ4n) is 1.89. The first-order chi connectivity index (χ1) is 8.49. The predicted octanol–water partition coefficient (Wildman–Crippen LogP) is 1.83. The first kappa shape index (κ1) is 15.9. The maximum atomic E-state index is 12.2. The molecular formula is C13H28N2O2S. The summed E-state index contributed by atoms with van der Waals surface area (Å²) in [5.74, 6) is 0.709.